The van der Waals surface area contributed by atoms with E-state index in [1.54, 1.807) is 0 Å². The molecule has 1 aliphatic heterocycles. The molecule has 138 valence electrons. The molecule has 24 heavy (non-hydrogen) atoms. The summed E-state index contributed by atoms with van der Waals surface area (Å²) in [7, 11) is 0. The lowest BCUT2D eigenvalue weighted by atomic mass is 9.72. The number of piperidine rings is 1. The smallest absolute Gasteiger partial charge is 0.00954 e. The minimum absolute atomic E-state index is 0.701. The maximum atomic E-state index is 4.67. The molecule has 0 radical (unpaired) electrons. The van der Waals surface area contributed by atoms with E-state index in [1.807, 2.05) is 0 Å². The molecule has 3 rings (SSSR count). The molecule has 1 saturated heterocycles. The molecule has 3 fully saturated rings. The highest BCUT2D eigenvalue weighted by atomic mass is 32.1. The van der Waals surface area contributed by atoms with E-state index < -0.39 is 0 Å². The van der Waals surface area contributed by atoms with Crippen LogP contribution in [0, 0.1) is 17.8 Å². The Hall–Kier alpha value is 0.0500. The van der Waals surface area contributed by atoms with E-state index >= 15 is 0 Å². The maximum Gasteiger partial charge on any atom is 0.00954 e. The van der Waals surface area contributed by atoms with Gasteiger partial charge < -0.3 is 4.90 Å². The average Bonchev–Trinajstić information content (AvgIpc) is 2.63. The van der Waals surface area contributed by atoms with Crippen LogP contribution in [0.3, 0.4) is 0 Å². The van der Waals surface area contributed by atoms with Crippen molar-refractivity contribution in [3.05, 3.63) is 12.2 Å². The van der Waals surface area contributed by atoms with Crippen molar-refractivity contribution in [3.8, 4) is 0 Å². The van der Waals surface area contributed by atoms with Crippen molar-refractivity contribution in [2.24, 2.45) is 17.8 Å². The van der Waals surface area contributed by atoms with Gasteiger partial charge in [0.2, 0.25) is 0 Å². The zero-order valence-corrected chi connectivity index (χ0v) is 16.7. The van der Waals surface area contributed by atoms with Gasteiger partial charge in [-0.25, -0.2) is 0 Å². The first kappa shape index (κ1) is 18.8. The number of hydrogen-bond acceptors (Lipinski definition) is 2. The fourth-order valence-corrected chi connectivity index (χ4v) is 5.91. The molecular weight excluding hydrogens is 310 g/mol. The number of allylic oxidation sites excluding steroid dienone is 2. The van der Waals surface area contributed by atoms with Crippen molar-refractivity contribution >= 4 is 12.6 Å². The summed E-state index contributed by atoms with van der Waals surface area (Å²) in [5.41, 5.74) is 0. The lowest BCUT2D eigenvalue weighted by Crippen LogP contribution is -2.43. The van der Waals surface area contributed by atoms with Crippen LogP contribution in [0.15, 0.2) is 12.2 Å². The molecule has 0 atom stereocenters. The van der Waals surface area contributed by atoms with Crippen LogP contribution < -0.4 is 0 Å². The third kappa shape index (κ3) is 5.27. The van der Waals surface area contributed by atoms with E-state index in [-0.39, 0.29) is 0 Å². The van der Waals surface area contributed by atoms with Crippen LogP contribution in [0.25, 0.3) is 0 Å². The minimum Gasteiger partial charge on any atom is -0.300 e. The molecule has 0 aromatic carbocycles. The minimum atomic E-state index is 0.701. The zero-order chi connectivity index (χ0) is 16.8. The zero-order valence-electron chi connectivity index (χ0n) is 15.8. The Morgan fingerprint density at radius 1 is 0.833 bits per heavy atom. The van der Waals surface area contributed by atoms with Gasteiger partial charge in [-0.1, -0.05) is 12.2 Å². The van der Waals surface area contributed by atoms with E-state index in [1.165, 1.54) is 90.1 Å². The fourth-order valence-electron chi connectivity index (χ4n) is 5.62. The molecule has 0 spiro atoms. The van der Waals surface area contributed by atoms with Crippen molar-refractivity contribution < 1.29 is 0 Å². The SMILES string of the molecule is C/C=C/CCC1CCN(C2CCC(C3CCC(S)CC3)CC2)CC1. The fraction of sp³-hybridized carbons (Fsp3) is 0.909. The average molecular weight is 350 g/mol. The molecule has 0 aromatic heterocycles. The van der Waals surface area contributed by atoms with Gasteiger partial charge in [-0.3, -0.25) is 0 Å². The molecule has 2 heteroatoms. The molecule has 0 N–H and O–H groups in total. The molecule has 0 aromatic rings. The molecule has 1 heterocycles. The van der Waals surface area contributed by atoms with Crippen LogP contribution in [0.4, 0.5) is 0 Å². The van der Waals surface area contributed by atoms with E-state index in [4.69, 9.17) is 0 Å². The van der Waals surface area contributed by atoms with Crippen LogP contribution in [-0.4, -0.2) is 29.3 Å². The first-order chi connectivity index (χ1) is 11.8. The summed E-state index contributed by atoms with van der Waals surface area (Å²) in [5, 5.41) is 0.701. The van der Waals surface area contributed by atoms with Crippen molar-refractivity contribution in [1.82, 2.24) is 4.90 Å². The van der Waals surface area contributed by atoms with Gasteiger partial charge in [0.1, 0.15) is 0 Å². The summed E-state index contributed by atoms with van der Waals surface area (Å²) < 4.78 is 0. The second-order valence-corrected chi connectivity index (χ2v) is 9.49. The lowest BCUT2D eigenvalue weighted by Gasteiger charge is -2.43. The molecule has 3 aliphatic rings. The van der Waals surface area contributed by atoms with E-state index in [9.17, 15) is 0 Å². The second-order valence-electron chi connectivity index (χ2n) is 8.76. The Morgan fingerprint density at radius 3 is 2.00 bits per heavy atom. The van der Waals surface area contributed by atoms with Gasteiger partial charge in [-0.15, -0.1) is 0 Å². The highest BCUT2D eigenvalue weighted by Crippen LogP contribution is 2.40. The summed E-state index contributed by atoms with van der Waals surface area (Å²) in [6.07, 6.45) is 21.8. The Labute approximate surface area is 156 Å². The van der Waals surface area contributed by atoms with Gasteiger partial charge in [0.25, 0.3) is 0 Å². The summed E-state index contributed by atoms with van der Waals surface area (Å²) in [6.45, 7) is 4.89. The highest BCUT2D eigenvalue weighted by Gasteiger charge is 2.33. The standard InChI is InChI=1S/C22H39NS/c1-2-3-4-5-18-14-16-23(17-15-18)21-10-6-19(7-11-21)20-8-12-22(24)13-9-20/h2-3,18-22,24H,4-17H2,1H3/b3-2+. The predicted octanol–water partition coefficient (Wildman–Crippen LogP) is 6.10. The summed E-state index contributed by atoms with van der Waals surface area (Å²) in [5.74, 6) is 3.07. The Bertz CT molecular complexity index is 369. The third-order valence-corrected chi connectivity index (χ3v) is 7.81. The van der Waals surface area contributed by atoms with Crippen LogP contribution >= 0.6 is 12.6 Å². The number of rotatable bonds is 5. The highest BCUT2D eigenvalue weighted by molar-refractivity contribution is 7.80. The number of thiol groups is 1. The summed E-state index contributed by atoms with van der Waals surface area (Å²) in [4.78, 5) is 2.85. The van der Waals surface area contributed by atoms with Gasteiger partial charge in [-0.05, 0) is 115 Å². The largest absolute Gasteiger partial charge is 0.300 e. The molecule has 0 unspecified atom stereocenters. The topological polar surface area (TPSA) is 3.24 Å². The Balaban J connectivity index is 1.35. The van der Waals surface area contributed by atoms with Crippen molar-refractivity contribution in [1.29, 1.82) is 0 Å². The van der Waals surface area contributed by atoms with Gasteiger partial charge in [0.05, 0.1) is 0 Å². The Kier molecular flexibility index (Phi) is 7.58. The van der Waals surface area contributed by atoms with E-state index in [0.717, 1.165) is 23.8 Å². The maximum absolute atomic E-state index is 4.67. The third-order valence-electron chi connectivity index (χ3n) is 7.29. The van der Waals surface area contributed by atoms with Crippen molar-refractivity contribution in [2.45, 2.75) is 95.3 Å². The summed E-state index contributed by atoms with van der Waals surface area (Å²) in [6, 6.07) is 0.916. The number of hydrogen-bond donors (Lipinski definition) is 1. The molecule has 2 aliphatic carbocycles. The monoisotopic (exact) mass is 349 g/mol. The van der Waals surface area contributed by atoms with Crippen molar-refractivity contribution in [3.63, 3.8) is 0 Å². The molecular formula is C22H39NS. The normalized spacial score (nSPS) is 37.1. The van der Waals surface area contributed by atoms with Gasteiger partial charge in [0.15, 0.2) is 0 Å². The van der Waals surface area contributed by atoms with Crippen LogP contribution in [0.5, 0.6) is 0 Å². The summed E-state index contributed by atoms with van der Waals surface area (Å²) >= 11 is 4.67. The quantitative estimate of drug-likeness (QED) is 0.463. The second kappa shape index (κ2) is 9.67. The van der Waals surface area contributed by atoms with Crippen LogP contribution in [0.2, 0.25) is 0 Å². The molecule has 0 amide bonds. The first-order valence-corrected chi connectivity index (χ1v) is 11.3. The van der Waals surface area contributed by atoms with Gasteiger partial charge in [0, 0.05) is 11.3 Å². The van der Waals surface area contributed by atoms with Gasteiger partial charge in [-0.2, -0.15) is 12.6 Å². The van der Waals surface area contributed by atoms with Gasteiger partial charge >= 0.3 is 0 Å². The number of likely N-dealkylation sites (tertiary alicyclic amines) is 1. The van der Waals surface area contributed by atoms with E-state index in [2.05, 4.69) is 36.6 Å². The lowest BCUT2D eigenvalue weighted by molar-refractivity contribution is 0.0766. The molecule has 0 bridgehead atoms. The van der Waals surface area contributed by atoms with Crippen LogP contribution in [-0.2, 0) is 0 Å². The van der Waals surface area contributed by atoms with Crippen LogP contribution in [0.1, 0.15) is 84.0 Å². The first-order valence-electron chi connectivity index (χ1n) is 10.8. The predicted molar refractivity (Wildman–Crippen MR) is 109 cm³/mol. The number of nitrogens with zero attached hydrogens (tertiary/aromatic N) is 1. The van der Waals surface area contributed by atoms with E-state index in [0.29, 0.717) is 5.25 Å². The Morgan fingerprint density at radius 2 is 1.42 bits per heavy atom. The molecule has 2 saturated carbocycles. The molecule has 1 nitrogen and oxygen atoms in total. The van der Waals surface area contributed by atoms with Crippen molar-refractivity contribution in [2.75, 3.05) is 13.1 Å².